The van der Waals surface area contributed by atoms with Crippen molar-refractivity contribution < 1.29 is 9.47 Å². The predicted molar refractivity (Wildman–Crippen MR) is 99.2 cm³/mol. The first-order valence-corrected chi connectivity index (χ1v) is 8.21. The minimum Gasteiger partial charge on any atom is -0.497 e. The van der Waals surface area contributed by atoms with Gasteiger partial charge in [-0.3, -0.25) is 5.10 Å². The molecule has 25 heavy (non-hydrogen) atoms. The number of aryl methyl sites for hydroxylation is 1. The average Bonchev–Trinajstić information content (AvgIpc) is 3.09. The maximum absolute atomic E-state index is 5.24. The Bertz CT molecular complexity index is 745. The summed E-state index contributed by atoms with van der Waals surface area (Å²) in [6.45, 7) is 3.54. The highest BCUT2D eigenvalue weighted by atomic mass is 16.5. The summed E-state index contributed by atoms with van der Waals surface area (Å²) in [4.78, 5) is 2.24. The van der Waals surface area contributed by atoms with Gasteiger partial charge in [0.25, 0.3) is 0 Å². The van der Waals surface area contributed by atoms with Crippen molar-refractivity contribution >= 4 is 5.82 Å². The number of rotatable bonds is 7. The molecule has 0 saturated heterocycles. The van der Waals surface area contributed by atoms with E-state index < -0.39 is 0 Å². The Morgan fingerprint density at radius 3 is 1.68 bits per heavy atom. The summed E-state index contributed by atoms with van der Waals surface area (Å²) < 4.78 is 10.5. The fraction of sp³-hybridized carbons (Fsp3) is 0.250. The van der Waals surface area contributed by atoms with E-state index in [0.29, 0.717) is 0 Å². The van der Waals surface area contributed by atoms with Gasteiger partial charge in [0, 0.05) is 24.8 Å². The van der Waals surface area contributed by atoms with Gasteiger partial charge in [0.15, 0.2) is 5.82 Å². The summed E-state index contributed by atoms with van der Waals surface area (Å²) in [7, 11) is 3.36. The van der Waals surface area contributed by atoms with Crippen LogP contribution in [0.15, 0.2) is 54.6 Å². The molecule has 0 bridgehead atoms. The molecule has 0 saturated carbocycles. The van der Waals surface area contributed by atoms with Crippen LogP contribution in [0.3, 0.4) is 0 Å². The van der Waals surface area contributed by atoms with E-state index in [0.717, 1.165) is 36.1 Å². The zero-order valence-corrected chi connectivity index (χ0v) is 14.8. The topological polar surface area (TPSA) is 50.4 Å². The number of aromatic amines is 1. The van der Waals surface area contributed by atoms with Crippen molar-refractivity contribution in [1.29, 1.82) is 0 Å². The van der Waals surface area contributed by atoms with E-state index in [-0.39, 0.29) is 0 Å². The summed E-state index contributed by atoms with van der Waals surface area (Å²) in [5.74, 6) is 2.66. The number of anilines is 1. The lowest BCUT2D eigenvalue weighted by Gasteiger charge is -2.23. The Hall–Kier alpha value is -2.95. The highest BCUT2D eigenvalue weighted by molar-refractivity contribution is 5.42. The van der Waals surface area contributed by atoms with Gasteiger partial charge in [-0.15, -0.1) is 0 Å². The van der Waals surface area contributed by atoms with Crippen molar-refractivity contribution in [3.05, 3.63) is 71.4 Å². The number of H-pyrrole nitrogens is 1. The van der Waals surface area contributed by atoms with Crippen LogP contribution in [0.2, 0.25) is 0 Å². The highest BCUT2D eigenvalue weighted by Crippen LogP contribution is 2.21. The number of nitrogens with one attached hydrogen (secondary N) is 1. The van der Waals surface area contributed by atoms with Crippen LogP contribution in [0.4, 0.5) is 5.82 Å². The van der Waals surface area contributed by atoms with Crippen LogP contribution in [0.25, 0.3) is 0 Å². The van der Waals surface area contributed by atoms with Crippen LogP contribution in [0.5, 0.6) is 11.5 Å². The minimum absolute atomic E-state index is 0.764. The molecule has 0 aliphatic rings. The predicted octanol–water partition coefficient (Wildman–Crippen LogP) is 3.94. The molecule has 0 unspecified atom stereocenters. The Morgan fingerprint density at radius 1 is 0.840 bits per heavy atom. The first-order chi connectivity index (χ1) is 12.2. The van der Waals surface area contributed by atoms with Crippen LogP contribution in [-0.4, -0.2) is 24.4 Å². The summed E-state index contributed by atoms with van der Waals surface area (Å²) in [6, 6.07) is 18.3. The lowest BCUT2D eigenvalue weighted by Crippen LogP contribution is -2.22. The summed E-state index contributed by atoms with van der Waals surface area (Å²) in [6.07, 6.45) is 0. The molecule has 0 aliphatic carbocycles. The molecule has 3 rings (SSSR count). The van der Waals surface area contributed by atoms with E-state index in [1.165, 1.54) is 11.1 Å². The standard InChI is InChI=1S/C20H23N3O2/c1-15-12-20(22-21-15)23(13-16-4-8-18(24-2)9-5-16)14-17-6-10-19(25-3)11-7-17/h4-12H,13-14H2,1-3H3,(H,21,22). The van der Waals surface area contributed by atoms with Gasteiger partial charge < -0.3 is 14.4 Å². The van der Waals surface area contributed by atoms with Crippen LogP contribution >= 0.6 is 0 Å². The molecule has 1 heterocycles. The van der Waals surface area contributed by atoms with Crippen molar-refractivity contribution in [1.82, 2.24) is 10.2 Å². The second kappa shape index (κ2) is 7.75. The molecular weight excluding hydrogens is 314 g/mol. The molecule has 0 aliphatic heterocycles. The van der Waals surface area contributed by atoms with Gasteiger partial charge >= 0.3 is 0 Å². The normalized spacial score (nSPS) is 10.5. The van der Waals surface area contributed by atoms with Crippen molar-refractivity contribution in [3.8, 4) is 11.5 Å². The fourth-order valence-electron chi connectivity index (χ4n) is 2.69. The Morgan fingerprint density at radius 2 is 1.32 bits per heavy atom. The third-order valence-corrected chi connectivity index (χ3v) is 4.08. The number of benzene rings is 2. The molecule has 130 valence electrons. The zero-order valence-electron chi connectivity index (χ0n) is 14.8. The number of hydrogen-bond acceptors (Lipinski definition) is 4. The quantitative estimate of drug-likeness (QED) is 0.709. The van der Waals surface area contributed by atoms with Crippen molar-refractivity contribution in [2.75, 3.05) is 19.1 Å². The first-order valence-electron chi connectivity index (χ1n) is 8.21. The Balaban J connectivity index is 1.81. The molecule has 3 aromatic rings. The highest BCUT2D eigenvalue weighted by Gasteiger charge is 2.12. The van der Waals surface area contributed by atoms with Crippen molar-refractivity contribution in [3.63, 3.8) is 0 Å². The fourth-order valence-corrected chi connectivity index (χ4v) is 2.69. The number of aromatic nitrogens is 2. The van der Waals surface area contributed by atoms with E-state index in [4.69, 9.17) is 9.47 Å². The minimum atomic E-state index is 0.764. The van der Waals surface area contributed by atoms with E-state index in [1.54, 1.807) is 14.2 Å². The lowest BCUT2D eigenvalue weighted by molar-refractivity contribution is 0.414. The molecule has 1 aromatic heterocycles. The van der Waals surface area contributed by atoms with Gasteiger partial charge in [0.2, 0.25) is 0 Å². The molecule has 5 nitrogen and oxygen atoms in total. The van der Waals surface area contributed by atoms with Crippen molar-refractivity contribution in [2.45, 2.75) is 20.0 Å². The van der Waals surface area contributed by atoms with Gasteiger partial charge in [-0.25, -0.2) is 0 Å². The number of ether oxygens (including phenoxy) is 2. The van der Waals surface area contributed by atoms with E-state index in [2.05, 4.69) is 45.4 Å². The molecule has 5 heteroatoms. The van der Waals surface area contributed by atoms with Crippen LogP contribution < -0.4 is 14.4 Å². The number of methoxy groups -OCH3 is 2. The van der Waals surface area contributed by atoms with Gasteiger partial charge in [0.1, 0.15) is 11.5 Å². The maximum Gasteiger partial charge on any atom is 0.151 e. The largest absolute Gasteiger partial charge is 0.497 e. The third-order valence-electron chi connectivity index (χ3n) is 4.08. The molecule has 0 atom stereocenters. The van der Waals surface area contributed by atoms with E-state index in [9.17, 15) is 0 Å². The smallest absolute Gasteiger partial charge is 0.151 e. The van der Waals surface area contributed by atoms with Gasteiger partial charge in [0.05, 0.1) is 14.2 Å². The average molecular weight is 337 g/mol. The Kier molecular flexibility index (Phi) is 5.23. The molecule has 0 amide bonds. The second-order valence-corrected chi connectivity index (χ2v) is 5.96. The second-order valence-electron chi connectivity index (χ2n) is 5.96. The van der Waals surface area contributed by atoms with E-state index in [1.807, 2.05) is 31.2 Å². The molecular formula is C20H23N3O2. The monoisotopic (exact) mass is 337 g/mol. The number of nitrogens with zero attached hydrogens (tertiary/aromatic N) is 2. The first kappa shape index (κ1) is 16.9. The van der Waals surface area contributed by atoms with Crippen LogP contribution in [0, 0.1) is 6.92 Å². The van der Waals surface area contributed by atoms with Crippen LogP contribution in [-0.2, 0) is 13.1 Å². The molecule has 2 aromatic carbocycles. The van der Waals surface area contributed by atoms with Gasteiger partial charge in [-0.05, 0) is 42.3 Å². The summed E-state index contributed by atoms with van der Waals surface area (Å²) >= 11 is 0. The van der Waals surface area contributed by atoms with Crippen molar-refractivity contribution in [2.24, 2.45) is 0 Å². The van der Waals surface area contributed by atoms with Gasteiger partial charge in [-0.1, -0.05) is 24.3 Å². The molecule has 1 N–H and O–H groups in total. The zero-order chi connectivity index (χ0) is 17.6. The molecule has 0 fully saturated rings. The maximum atomic E-state index is 5.24. The van der Waals surface area contributed by atoms with Gasteiger partial charge in [-0.2, -0.15) is 5.10 Å². The van der Waals surface area contributed by atoms with E-state index >= 15 is 0 Å². The number of hydrogen-bond donors (Lipinski definition) is 1. The SMILES string of the molecule is COc1ccc(CN(Cc2ccc(OC)cc2)c2cc(C)[nH]n2)cc1. The summed E-state index contributed by atoms with van der Waals surface area (Å²) in [5, 5.41) is 7.45. The Labute approximate surface area is 148 Å². The molecule has 0 radical (unpaired) electrons. The molecule has 0 spiro atoms. The summed E-state index contributed by atoms with van der Waals surface area (Å²) in [5.41, 5.74) is 3.45. The van der Waals surface area contributed by atoms with Crippen LogP contribution in [0.1, 0.15) is 16.8 Å². The lowest BCUT2D eigenvalue weighted by atomic mass is 10.1. The third kappa shape index (κ3) is 4.32.